The monoisotopic (exact) mass is 498 g/mol. The number of nitrogens with zero attached hydrogens (tertiary/aromatic N) is 3. The first-order chi connectivity index (χ1) is 16.5. The highest BCUT2D eigenvalue weighted by atomic mass is 35.5. The highest BCUT2D eigenvalue weighted by Crippen LogP contribution is 2.34. The Labute approximate surface area is 206 Å². The lowest BCUT2D eigenvalue weighted by Crippen LogP contribution is -2.51. The minimum Gasteiger partial charge on any atom is -0.492 e. The summed E-state index contributed by atoms with van der Waals surface area (Å²) in [6.45, 7) is 3.84. The van der Waals surface area contributed by atoms with Crippen molar-refractivity contribution >= 4 is 39.1 Å². The van der Waals surface area contributed by atoms with Gasteiger partial charge in [-0.25, -0.2) is 4.98 Å². The average Bonchev–Trinajstić information content (AvgIpc) is 3.22. The molecule has 7 nitrogen and oxygen atoms in total. The number of rotatable bonds is 3. The van der Waals surface area contributed by atoms with Gasteiger partial charge in [-0.05, 0) is 61.4 Å². The molecule has 1 saturated heterocycles. The third kappa shape index (κ3) is 4.12. The van der Waals surface area contributed by atoms with Gasteiger partial charge in [0.1, 0.15) is 23.0 Å². The molecule has 1 amide bonds. The highest BCUT2D eigenvalue weighted by Gasteiger charge is 2.31. The number of ether oxygens (including phenoxy) is 1. The predicted octanol–water partition coefficient (Wildman–Crippen LogP) is 3.41. The number of aryl methyl sites for hydroxylation is 2. The maximum Gasteiger partial charge on any atom is 0.259 e. The number of aromatic amines is 1. The number of aromatic nitrogens is 2. The molecule has 34 heavy (non-hydrogen) atoms. The van der Waals surface area contributed by atoms with Crippen LogP contribution in [0.25, 0.3) is 10.2 Å². The summed E-state index contributed by atoms with van der Waals surface area (Å²) in [7, 11) is 0. The van der Waals surface area contributed by atoms with E-state index in [2.05, 4.69) is 9.88 Å². The molecule has 1 aliphatic carbocycles. The molecule has 0 saturated carbocycles. The number of hydrogen-bond acceptors (Lipinski definition) is 6. The van der Waals surface area contributed by atoms with Crippen molar-refractivity contribution in [1.29, 1.82) is 0 Å². The summed E-state index contributed by atoms with van der Waals surface area (Å²) in [6, 6.07) is 5.58. The van der Waals surface area contributed by atoms with Gasteiger partial charge in [0.2, 0.25) is 5.91 Å². The van der Waals surface area contributed by atoms with E-state index in [-0.39, 0.29) is 17.4 Å². The molecule has 9 heteroatoms. The molecule has 1 fully saturated rings. The number of hydrogen-bond donors (Lipinski definition) is 1. The van der Waals surface area contributed by atoms with E-state index in [4.69, 9.17) is 21.3 Å². The average molecular weight is 499 g/mol. The van der Waals surface area contributed by atoms with Gasteiger partial charge in [-0.3, -0.25) is 14.5 Å². The number of carbonyl (C=O) groups excluding carboxylic acids is 1. The van der Waals surface area contributed by atoms with Crippen LogP contribution in [0.2, 0.25) is 5.02 Å². The molecule has 0 unspecified atom stereocenters. The van der Waals surface area contributed by atoms with Crippen molar-refractivity contribution in [3.8, 4) is 5.75 Å². The Hall–Kier alpha value is -2.42. The number of amides is 1. The van der Waals surface area contributed by atoms with E-state index in [0.29, 0.717) is 43.5 Å². The summed E-state index contributed by atoms with van der Waals surface area (Å²) in [5.74, 6) is 1.50. The smallest absolute Gasteiger partial charge is 0.259 e. The largest absolute Gasteiger partial charge is 0.492 e. The van der Waals surface area contributed by atoms with Crippen LogP contribution >= 0.6 is 22.9 Å². The molecule has 1 aromatic carbocycles. The van der Waals surface area contributed by atoms with Gasteiger partial charge >= 0.3 is 0 Å². The molecular formula is C25H27ClN4O3S. The van der Waals surface area contributed by atoms with Gasteiger partial charge in [0, 0.05) is 36.1 Å². The molecular weight excluding hydrogens is 472 g/mol. The lowest BCUT2D eigenvalue weighted by atomic mass is 9.95. The van der Waals surface area contributed by atoms with Crippen LogP contribution < -0.4 is 10.3 Å². The Morgan fingerprint density at radius 3 is 2.88 bits per heavy atom. The number of H-pyrrole nitrogens is 1. The number of carbonyl (C=O) groups is 1. The Bertz CT molecular complexity index is 1310. The third-order valence-corrected chi connectivity index (χ3v) is 8.63. The molecule has 2 aliphatic heterocycles. The lowest BCUT2D eigenvalue weighted by molar-refractivity contribution is -0.138. The van der Waals surface area contributed by atoms with E-state index in [9.17, 15) is 9.59 Å². The SMILES string of the molecule is O=C([C@@H]1COc2ccc(Cl)cc2C1)N1CCN(Cc2nc3sc4c(c3c(=O)[nH]2)CCCC4)CC1. The van der Waals surface area contributed by atoms with Gasteiger partial charge in [0.05, 0.1) is 17.8 Å². The lowest BCUT2D eigenvalue weighted by Gasteiger charge is -2.37. The van der Waals surface area contributed by atoms with Crippen molar-refractivity contribution in [2.24, 2.45) is 5.92 Å². The first-order valence-corrected chi connectivity index (χ1v) is 13.2. The number of fused-ring (bicyclic) bond motifs is 4. The molecule has 2 aromatic heterocycles. The van der Waals surface area contributed by atoms with Crippen molar-refractivity contribution in [2.45, 2.75) is 38.6 Å². The zero-order chi connectivity index (χ0) is 23.2. The van der Waals surface area contributed by atoms with E-state index in [1.54, 1.807) is 11.3 Å². The van der Waals surface area contributed by atoms with Crippen LogP contribution in [0.5, 0.6) is 5.75 Å². The summed E-state index contributed by atoms with van der Waals surface area (Å²) >= 11 is 7.80. The minimum atomic E-state index is -0.178. The molecule has 4 heterocycles. The predicted molar refractivity (Wildman–Crippen MR) is 133 cm³/mol. The zero-order valence-electron chi connectivity index (χ0n) is 18.9. The van der Waals surface area contributed by atoms with E-state index >= 15 is 0 Å². The van der Waals surface area contributed by atoms with Crippen LogP contribution in [0, 0.1) is 5.92 Å². The van der Waals surface area contributed by atoms with Gasteiger partial charge < -0.3 is 14.6 Å². The molecule has 0 radical (unpaired) electrons. The van der Waals surface area contributed by atoms with E-state index < -0.39 is 0 Å². The third-order valence-electron chi connectivity index (χ3n) is 7.21. The van der Waals surface area contributed by atoms with E-state index in [0.717, 1.165) is 53.9 Å². The number of piperazine rings is 1. The normalized spacial score (nSPS) is 20.6. The molecule has 1 N–H and O–H groups in total. The molecule has 3 aromatic rings. The summed E-state index contributed by atoms with van der Waals surface area (Å²) in [5, 5.41) is 1.47. The van der Waals surface area contributed by atoms with Crippen molar-refractivity contribution < 1.29 is 9.53 Å². The maximum atomic E-state index is 13.1. The van der Waals surface area contributed by atoms with Gasteiger partial charge in [0.25, 0.3) is 5.56 Å². The standard InChI is InChI=1S/C25H27ClN4O3S/c26-17-5-6-19-15(12-17)11-16(14-33-19)25(32)30-9-7-29(8-10-30)13-21-27-23(31)22-18-3-1-2-4-20(18)34-24(22)28-21/h5-6,12,16H,1-4,7-11,13-14H2,(H,27,28,31)/t16-/m0/s1. The second kappa shape index (κ2) is 8.98. The van der Waals surface area contributed by atoms with Crippen LogP contribution in [-0.4, -0.2) is 58.5 Å². The molecule has 3 aliphatic rings. The van der Waals surface area contributed by atoms with Crippen LogP contribution in [0.3, 0.4) is 0 Å². The Balaban J connectivity index is 1.09. The van der Waals surface area contributed by atoms with Crippen LogP contribution in [0.15, 0.2) is 23.0 Å². The fraction of sp³-hybridized carbons (Fsp3) is 0.480. The van der Waals surface area contributed by atoms with Crippen LogP contribution in [0.4, 0.5) is 0 Å². The minimum absolute atomic E-state index is 0.00843. The molecule has 0 bridgehead atoms. The van der Waals surface area contributed by atoms with Crippen molar-refractivity contribution in [3.63, 3.8) is 0 Å². The summed E-state index contributed by atoms with van der Waals surface area (Å²) < 4.78 is 5.82. The maximum absolute atomic E-state index is 13.1. The summed E-state index contributed by atoms with van der Waals surface area (Å²) in [6.07, 6.45) is 5.05. The quantitative estimate of drug-likeness (QED) is 0.598. The van der Waals surface area contributed by atoms with Gasteiger partial charge in [0.15, 0.2) is 0 Å². The summed E-state index contributed by atoms with van der Waals surface area (Å²) in [4.78, 5) is 40.2. The van der Waals surface area contributed by atoms with Gasteiger partial charge in [-0.2, -0.15) is 0 Å². The van der Waals surface area contributed by atoms with Crippen molar-refractivity contribution in [3.05, 3.63) is 55.4 Å². The van der Waals surface area contributed by atoms with Crippen LogP contribution in [-0.2, 0) is 30.6 Å². The van der Waals surface area contributed by atoms with E-state index in [1.807, 2.05) is 23.1 Å². The first kappa shape index (κ1) is 22.1. The molecule has 6 rings (SSSR count). The molecule has 0 spiro atoms. The van der Waals surface area contributed by atoms with E-state index in [1.165, 1.54) is 16.9 Å². The number of nitrogens with one attached hydrogen (secondary N) is 1. The molecule has 1 atom stereocenters. The number of thiophene rings is 1. The fourth-order valence-corrected chi connectivity index (χ4v) is 6.88. The zero-order valence-corrected chi connectivity index (χ0v) is 20.5. The summed E-state index contributed by atoms with van der Waals surface area (Å²) in [5.41, 5.74) is 2.21. The Morgan fingerprint density at radius 2 is 2.03 bits per heavy atom. The fourth-order valence-electron chi connectivity index (χ4n) is 5.40. The van der Waals surface area contributed by atoms with Gasteiger partial charge in [-0.15, -0.1) is 11.3 Å². The van der Waals surface area contributed by atoms with Crippen molar-refractivity contribution in [2.75, 3.05) is 32.8 Å². The Morgan fingerprint density at radius 1 is 1.21 bits per heavy atom. The first-order valence-electron chi connectivity index (χ1n) is 12.0. The number of benzene rings is 1. The number of halogens is 1. The van der Waals surface area contributed by atoms with Crippen molar-refractivity contribution in [1.82, 2.24) is 19.8 Å². The molecule has 178 valence electrons. The second-order valence-corrected chi connectivity index (χ2v) is 11.0. The second-order valence-electron chi connectivity index (χ2n) is 9.47. The van der Waals surface area contributed by atoms with Crippen LogP contribution in [0.1, 0.15) is 34.7 Å². The topological polar surface area (TPSA) is 78.5 Å². The Kier molecular flexibility index (Phi) is 5.83. The van der Waals surface area contributed by atoms with Gasteiger partial charge in [-0.1, -0.05) is 11.6 Å². The highest BCUT2D eigenvalue weighted by molar-refractivity contribution is 7.18.